The maximum atomic E-state index is 12.5. The lowest BCUT2D eigenvalue weighted by Gasteiger charge is -2.25. The molecule has 1 N–H and O–H groups in total. The Hall–Kier alpha value is -3.26. The van der Waals surface area contributed by atoms with Crippen molar-refractivity contribution in [2.75, 3.05) is 7.11 Å². The molecule has 2 aromatic carbocycles. The van der Waals surface area contributed by atoms with Gasteiger partial charge in [-0.25, -0.2) is 0 Å². The number of hydrogen-bond acceptors (Lipinski definition) is 4. The van der Waals surface area contributed by atoms with Crippen molar-refractivity contribution in [3.63, 3.8) is 0 Å². The van der Waals surface area contributed by atoms with Gasteiger partial charge < -0.3 is 14.7 Å². The van der Waals surface area contributed by atoms with E-state index in [1.165, 1.54) is 0 Å². The van der Waals surface area contributed by atoms with Crippen LogP contribution in [-0.2, 0) is 17.8 Å². The van der Waals surface area contributed by atoms with Gasteiger partial charge in [-0.05, 0) is 23.3 Å². The number of aliphatic hydroxyl groups excluding tert-OH is 1. The molecule has 1 amide bonds. The molecule has 25 heavy (non-hydrogen) atoms. The smallest absolute Gasteiger partial charge is 0.268 e. The predicted octanol–water partition coefficient (Wildman–Crippen LogP) is 2.98. The van der Waals surface area contributed by atoms with E-state index in [4.69, 9.17) is 4.74 Å². The lowest BCUT2D eigenvalue weighted by molar-refractivity contribution is -0.127. The molecule has 5 nitrogen and oxygen atoms in total. The SMILES string of the molecule is COc1ccc(CN2C(=O)C(C#N)=C(O)[C@@H]2Cc2ccccc2)cc1. The molecule has 0 spiro atoms. The predicted molar refractivity (Wildman–Crippen MR) is 92.7 cm³/mol. The minimum atomic E-state index is -0.536. The van der Waals surface area contributed by atoms with Crippen LogP contribution in [0.4, 0.5) is 0 Å². The molecule has 5 heteroatoms. The van der Waals surface area contributed by atoms with Crippen LogP contribution in [0.1, 0.15) is 11.1 Å². The number of nitriles is 1. The zero-order valence-corrected chi connectivity index (χ0v) is 13.8. The minimum absolute atomic E-state index is 0.148. The number of amides is 1. The van der Waals surface area contributed by atoms with Crippen LogP contribution < -0.4 is 4.74 Å². The Balaban J connectivity index is 1.86. The van der Waals surface area contributed by atoms with Crippen LogP contribution in [0.5, 0.6) is 5.75 Å². The van der Waals surface area contributed by atoms with Crippen molar-refractivity contribution in [1.29, 1.82) is 5.26 Å². The summed E-state index contributed by atoms with van der Waals surface area (Å²) in [5.74, 6) is 0.151. The number of aliphatic hydroxyl groups is 1. The second-order valence-corrected chi connectivity index (χ2v) is 5.86. The monoisotopic (exact) mass is 334 g/mol. The summed E-state index contributed by atoms with van der Waals surface area (Å²) in [4.78, 5) is 14.1. The van der Waals surface area contributed by atoms with E-state index >= 15 is 0 Å². The number of methoxy groups -OCH3 is 1. The molecule has 1 heterocycles. The molecule has 1 aliphatic rings. The number of carbonyl (C=O) groups is 1. The third-order valence-electron chi connectivity index (χ3n) is 4.32. The first-order chi connectivity index (χ1) is 12.1. The largest absolute Gasteiger partial charge is 0.508 e. The number of hydrogen-bond donors (Lipinski definition) is 1. The van der Waals surface area contributed by atoms with Gasteiger partial charge >= 0.3 is 0 Å². The topological polar surface area (TPSA) is 73.6 Å². The second kappa shape index (κ2) is 7.10. The number of nitrogens with zero attached hydrogens (tertiary/aromatic N) is 2. The van der Waals surface area contributed by atoms with Gasteiger partial charge in [-0.2, -0.15) is 5.26 Å². The molecule has 0 unspecified atom stereocenters. The summed E-state index contributed by atoms with van der Waals surface area (Å²) in [7, 11) is 1.59. The minimum Gasteiger partial charge on any atom is -0.508 e. The standard InChI is InChI=1S/C20H18N2O3/c1-25-16-9-7-15(8-10-16)13-22-18(11-14-5-3-2-4-6-14)19(23)17(12-21)20(22)24/h2-10,18,23H,11,13H2,1H3/t18-/m0/s1. The van der Waals surface area contributed by atoms with E-state index in [1.54, 1.807) is 12.0 Å². The molecule has 2 aromatic rings. The van der Waals surface area contributed by atoms with Crippen LogP contribution in [0, 0.1) is 11.3 Å². The third kappa shape index (κ3) is 3.33. The average molecular weight is 334 g/mol. The number of rotatable bonds is 5. The first kappa shape index (κ1) is 16.6. The molecule has 126 valence electrons. The van der Waals surface area contributed by atoms with Crippen molar-refractivity contribution in [3.05, 3.63) is 77.1 Å². The Morgan fingerprint density at radius 1 is 1.12 bits per heavy atom. The molecule has 1 atom stereocenters. The van der Waals surface area contributed by atoms with Crippen LogP contribution in [0.15, 0.2) is 65.9 Å². The summed E-state index contributed by atoms with van der Waals surface area (Å²) in [6, 6.07) is 18.3. The van der Waals surface area contributed by atoms with Crippen LogP contribution >= 0.6 is 0 Å². The highest BCUT2D eigenvalue weighted by Crippen LogP contribution is 2.28. The Morgan fingerprint density at radius 3 is 2.40 bits per heavy atom. The quantitative estimate of drug-likeness (QED) is 0.912. The molecule has 0 bridgehead atoms. The Labute approximate surface area is 146 Å². The normalized spacial score (nSPS) is 16.9. The van der Waals surface area contributed by atoms with E-state index in [9.17, 15) is 15.2 Å². The molecule has 0 radical (unpaired) electrons. The van der Waals surface area contributed by atoms with Crippen molar-refractivity contribution in [2.24, 2.45) is 0 Å². The summed E-state index contributed by atoms with van der Waals surface area (Å²) in [5.41, 5.74) is 1.72. The molecule has 3 rings (SSSR count). The van der Waals surface area contributed by atoms with E-state index in [2.05, 4.69) is 0 Å². The van der Waals surface area contributed by atoms with Crippen LogP contribution in [0.2, 0.25) is 0 Å². The first-order valence-electron chi connectivity index (χ1n) is 7.95. The molecule has 0 aliphatic carbocycles. The van der Waals surface area contributed by atoms with Gasteiger partial charge in [0, 0.05) is 13.0 Å². The first-order valence-corrected chi connectivity index (χ1v) is 7.95. The van der Waals surface area contributed by atoms with Crippen molar-refractivity contribution < 1.29 is 14.6 Å². The molecular formula is C20H18N2O3. The molecule has 0 fully saturated rings. The van der Waals surface area contributed by atoms with Crippen LogP contribution in [0.25, 0.3) is 0 Å². The third-order valence-corrected chi connectivity index (χ3v) is 4.32. The van der Waals surface area contributed by atoms with Crippen molar-refractivity contribution in [1.82, 2.24) is 4.90 Å². The van der Waals surface area contributed by atoms with Gasteiger partial charge in [0.15, 0.2) is 5.57 Å². The van der Waals surface area contributed by atoms with E-state index < -0.39 is 11.9 Å². The molecule has 0 aromatic heterocycles. The van der Waals surface area contributed by atoms with Gasteiger partial charge in [0.1, 0.15) is 17.6 Å². The summed E-state index contributed by atoms with van der Waals surface area (Å²) in [5, 5.41) is 19.6. The van der Waals surface area contributed by atoms with Gasteiger partial charge in [-0.15, -0.1) is 0 Å². The van der Waals surface area contributed by atoms with E-state index in [0.717, 1.165) is 16.9 Å². The van der Waals surface area contributed by atoms with Crippen molar-refractivity contribution >= 4 is 5.91 Å². The number of benzene rings is 2. The molecule has 0 saturated carbocycles. The lowest BCUT2D eigenvalue weighted by Crippen LogP contribution is -2.36. The fourth-order valence-corrected chi connectivity index (χ4v) is 2.97. The number of carbonyl (C=O) groups excluding carboxylic acids is 1. The maximum Gasteiger partial charge on any atom is 0.268 e. The Kier molecular flexibility index (Phi) is 4.71. The van der Waals surface area contributed by atoms with Crippen LogP contribution in [0.3, 0.4) is 0 Å². The zero-order chi connectivity index (χ0) is 17.8. The average Bonchev–Trinajstić information content (AvgIpc) is 2.87. The zero-order valence-electron chi connectivity index (χ0n) is 13.8. The van der Waals surface area contributed by atoms with Gasteiger partial charge in [0.25, 0.3) is 5.91 Å². The molecule has 1 aliphatic heterocycles. The lowest BCUT2D eigenvalue weighted by atomic mass is 10.0. The fourth-order valence-electron chi connectivity index (χ4n) is 2.97. The Morgan fingerprint density at radius 2 is 1.80 bits per heavy atom. The Bertz CT molecular complexity index is 835. The van der Waals surface area contributed by atoms with Crippen molar-refractivity contribution in [3.8, 4) is 11.8 Å². The van der Waals surface area contributed by atoms with Gasteiger partial charge in [0.2, 0.25) is 0 Å². The van der Waals surface area contributed by atoms with E-state index in [0.29, 0.717) is 13.0 Å². The maximum absolute atomic E-state index is 12.5. The second-order valence-electron chi connectivity index (χ2n) is 5.86. The van der Waals surface area contributed by atoms with Crippen molar-refractivity contribution in [2.45, 2.75) is 19.0 Å². The van der Waals surface area contributed by atoms with Gasteiger partial charge in [0.05, 0.1) is 13.2 Å². The summed E-state index contributed by atoms with van der Waals surface area (Å²) < 4.78 is 5.14. The fraction of sp³-hybridized carbons (Fsp3) is 0.200. The number of ether oxygens (including phenoxy) is 1. The molecule has 0 saturated heterocycles. The van der Waals surface area contributed by atoms with E-state index in [1.807, 2.05) is 60.7 Å². The summed E-state index contributed by atoms with van der Waals surface area (Å²) in [6.07, 6.45) is 0.458. The highest BCUT2D eigenvalue weighted by atomic mass is 16.5. The highest BCUT2D eigenvalue weighted by Gasteiger charge is 2.39. The van der Waals surface area contributed by atoms with Gasteiger partial charge in [-0.1, -0.05) is 42.5 Å². The molecular weight excluding hydrogens is 316 g/mol. The highest BCUT2D eigenvalue weighted by molar-refractivity contribution is 6.00. The van der Waals surface area contributed by atoms with Gasteiger partial charge in [-0.3, -0.25) is 4.79 Å². The summed E-state index contributed by atoms with van der Waals surface area (Å²) in [6.45, 7) is 0.315. The van der Waals surface area contributed by atoms with E-state index in [-0.39, 0.29) is 11.3 Å². The van der Waals surface area contributed by atoms with Crippen LogP contribution in [-0.4, -0.2) is 29.1 Å². The summed E-state index contributed by atoms with van der Waals surface area (Å²) >= 11 is 0.